The molecule has 4 rings (SSSR count). The number of rotatable bonds is 6. The Bertz CT molecular complexity index is 1050. The Kier molecular flexibility index (Phi) is 5.10. The van der Waals surface area contributed by atoms with Crippen LogP contribution in [0, 0.1) is 5.92 Å². The molecule has 2 atom stereocenters. The number of aliphatic hydroxyl groups excluding tert-OH is 1. The lowest BCUT2D eigenvalue weighted by Crippen LogP contribution is -2.37. The summed E-state index contributed by atoms with van der Waals surface area (Å²) in [6.45, 7) is 0.901. The van der Waals surface area contributed by atoms with E-state index in [1.165, 1.54) is 0 Å². The third-order valence-electron chi connectivity index (χ3n) is 5.32. The lowest BCUT2D eigenvalue weighted by molar-refractivity contribution is -0.0507. The van der Waals surface area contributed by atoms with Crippen molar-refractivity contribution >= 4 is 21.9 Å². The zero-order valence-electron chi connectivity index (χ0n) is 16.6. The van der Waals surface area contributed by atoms with Gasteiger partial charge in [0.15, 0.2) is 0 Å². The molecule has 12 heteroatoms. The molecule has 1 aliphatic heterocycles. The average molecular weight is 480 g/mol. The molecule has 32 heavy (non-hydrogen) atoms. The Morgan fingerprint density at radius 2 is 1.84 bits per heavy atom. The van der Waals surface area contributed by atoms with E-state index in [2.05, 4.69) is 10.6 Å². The van der Waals surface area contributed by atoms with Crippen LogP contribution < -0.4 is 15.4 Å². The number of amides is 2. The number of benzene rings is 2. The van der Waals surface area contributed by atoms with Gasteiger partial charge in [0.25, 0.3) is 0 Å². The number of hydrogen-bond acceptors (Lipinski definition) is 4. The Hall–Kier alpha value is -2.57. The number of urea groups is 1. The fourth-order valence-electron chi connectivity index (χ4n) is 3.61. The lowest BCUT2D eigenvalue weighted by Gasteiger charge is -2.40. The summed E-state index contributed by atoms with van der Waals surface area (Å²) in [6.07, 6.45) is -0.651. The van der Waals surface area contributed by atoms with Gasteiger partial charge in [-0.3, -0.25) is 0 Å². The molecule has 1 fully saturated rings. The minimum atomic E-state index is -9.98. The van der Waals surface area contributed by atoms with Gasteiger partial charge < -0.3 is 25.2 Å². The summed E-state index contributed by atoms with van der Waals surface area (Å²) in [6, 6.07) is 6.35. The lowest BCUT2D eigenvalue weighted by atomic mass is 10.1. The van der Waals surface area contributed by atoms with Crippen LogP contribution in [-0.4, -0.2) is 37.1 Å². The van der Waals surface area contributed by atoms with Gasteiger partial charge in [0, 0.05) is 12.3 Å². The number of aliphatic hydroxyl groups is 1. The molecule has 2 unspecified atom stereocenters. The first-order chi connectivity index (χ1) is 14.8. The summed E-state index contributed by atoms with van der Waals surface area (Å²) in [5, 5.41) is 14.9. The van der Waals surface area contributed by atoms with Gasteiger partial charge in [0.05, 0.1) is 37.7 Å². The van der Waals surface area contributed by atoms with Crippen LogP contribution in [0.3, 0.4) is 0 Å². The van der Waals surface area contributed by atoms with Crippen molar-refractivity contribution in [2.45, 2.75) is 23.5 Å². The molecule has 0 radical (unpaired) electrons. The highest BCUT2D eigenvalue weighted by Crippen LogP contribution is 3.02. The first-order valence-electron chi connectivity index (χ1n) is 9.72. The molecule has 3 N–H and O–H groups in total. The number of halogens is 5. The molecule has 2 aromatic carbocycles. The number of nitrogens with one attached hydrogen (secondary N) is 2. The van der Waals surface area contributed by atoms with Crippen molar-refractivity contribution in [3.05, 3.63) is 53.6 Å². The van der Waals surface area contributed by atoms with Crippen LogP contribution in [0.5, 0.6) is 5.75 Å². The molecule has 2 aromatic rings. The summed E-state index contributed by atoms with van der Waals surface area (Å²) >= 11 is 0. The van der Waals surface area contributed by atoms with E-state index in [1.54, 1.807) is 24.3 Å². The van der Waals surface area contributed by atoms with Crippen LogP contribution >= 0.6 is 10.2 Å². The zero-order chi connectivity index (χ0) is 23.2. The SMILES string of the molecule is O=C(Nc1cc(S(F)(F)(F)(F)F)ccc1OCC1COC1)NC1c2ccccc2CC1O. The van der Waals surface area contributed by atoms with Gasteiger partial charge in [-0.2, -0.15) is 0 Å². The number of fused-ring (bicyclic) bond motifs is 1. The molecule has 0 aromatic heterocycles. The summed E-state index contributed by atoms with van der Waals surface area (Å²) in [7, 11) is -9.98. The minimum Gasteiger partial charge on any atom is -0.491 e. The third-order valence-corrected chi connectivity index (χ3v) is 6.46. The van der Waals surface area contributed by atoms with Crippen molar-refractivity contribution in [2.24, 2.45) is 5.92 Å². The number of hydrogen-bond donors (Lipinski definition) is 3. The number of ether oxygens (including phenoxy) is 2. The summed E-state index contributed by atoms with van der Waals surface area (Å²) < 4.78 is 76.9. The van der Waals surface area contributed by atoms with Crippen LogP contribution in [0.1, 0.15) is 17.2 Å². The predicted octanol–water partition coefficient (Wildman–Crippen LogP) is 5.15. The van der Waals surface area contributed by atoms with Gasteiger partial charge in [0.1, 0.15) is 10.6 Å². The van der Waals surface area contributed by atoms with Crippen molar-refractivity contribution < 1.29 is 38.8 Å². The largest absolute Gasteiger partial charge is 0.491 e. The average Bonchev–Trinajstić information content (AvgIpc) is 2.95. The molecule has 0 saturated carbocycles. The highest BCUT2D eigenvalue weighted by molar-refractivity contribution is 8.45. The normalized spacial score (nSPS) is 22.8. The van der Waals surface area contributed by atoms with Gasteiger partial charge in [-0.15, -0.1) is 0 Å². The molecule has 1 saturated heterocycles. The summed E-state index contributed by atoms with van der Waals surface area (Å²) in [4.78, 5) is 10.4. The predicted molar refractivity (Wildman–Crippen MR) is 109 cm³/mol. The van der Waals surface area contributed by atoms with Crippen molar-refractivity contribution in [1.29, 1.82) is 0 Å². The van der Waals surface area contributed by atoms with Crippen LogP contribution in [0.15, 0.2) is 47.4 Å². The van der Waals surface area contributed by atoms with E-state index in [0.717, 1.165) is 11.6 Å². The first-order valence-corrected chi connectivity index (χ1v) is 11.7. The van der Waals surface area contributed by atoms with Gasteiger partial charge in [-0.05, 0) is 29.3 Å². The zero-order valence-corrected chi connectivity index (χ0v) is 17.4. The Balaban J connectivity index is 1.56. The van der Waals surface area contributed by atoms with E-state index in [0.29, 0.717) is 25.2 Å². The fraction of sp³-hybridized carbons (Fsp3) is 0.350. The second-order valence-corrected chi connectivity index (χ2v) is 10.3. The molecule has 1 heterocycles. The molecule has 0 spiro atoms. The van der Waals surface area contributed by atoms with Gasteiger partial charge in [0.2, 0.25) is 0 Å². The van der Waals surface area contributed by atoms with Crippen molar-refractivity contribution in [3.63, 3.8) is 0 Å². The van der Waals surface area contributed by atoms with E-state index >= 15 is 0 Å². The Morgan fingerprint density at radius 1 is 1.12 bits per heavy atom. The second-order valence-electron chi connectivity index (χ2n) is 7.89. The number of carbonyl (C=O) groups excluding carboxylic acids is 1. The molecule has 2 amide bonds. The van der Waals surface area contributed by atoms with Gasteiger partial charge >= 0.3 is 16.3 Å². The fourth-order valence-corrected chi connectivity index (χ4v) is 4.27. The minimum absolute atomic E-state index is 0.0112. The molecular weight excluding hydrogens is 459 g/mol. The smallest absolute Gasteiger partial charge is 0.319 e. The van der Waals surface area contributed by atoms with E-state index in [1.807, 2.05) is 0 Å². The van der Waals surface area contributed by atoms with Crippen LogP contribution in [0.2, 0.25) is 0 Å². The topological polar surface area (TPSA) is 79.8 Å². The molecule has 0 bridgehead atoms. The molecule has 2 aliphatic rings. The second kappa shape index (κ2) is 7.22. The van der Waals surface area contributed by atoms with Crippen molar-refractivity contribution in [3.8, 4) is 5.75 Å². The monoisotopic (exact) mass is 480 g/mol. The number of carbonyl (C=O) groups is 1. The van der Waals surface area contributed by atoms with Crippen molar-refractivity contribution in [2.75, 3.05) is 25.1 Å². The van der Waals surface area contributed by atoms with Crippen molar-refractivity contribution in [1.82, 2.24) is 5.32 Å². The maximum Gasteiger partial charge on any atom is 0.319 e. The highest BCUT2D eigenvalue weighted by atomic mass is 32.5. The third kappa shape index (κ3) is 4.92. The maximum absolute atomic E-state index is 13.3. The van der Waals surface area contributed by atoms with E-state index in [-0.39, 0.29) is 30.4 Å². The van der Waals surface area contributed by atoms with Crippen LogP contribution in [0.4, 0.5) is 29.9 Å². The molecule has 176 valence electrons. The van der Waals surface area contributed by atoms with E-state index in [4.69, 9.17) is 9.47 Å². The molecule has 1 aliphatic carbocycles. The highest BCUT2D eigenvalue weighted by Gasteiger charge is 2.65. The van der Waals surface area contributed by atoms with E-state index < -0.39 is 39.0 Å². The first kappa shape index (κ1) is 22.6. The van der Waals surface area contributed by atoms with Crippen LogP contribution in [-0.2, 0) is 11.2 Å². The summed E-state index contributed by atoms with van der Waals surface area (Å²) in [5.41, 5.74) is 0.923. The number of anilines is 1. The molecular formula is C20H21F5N2O4S. The van der Waals surface area contributed by atoms with Gasteiger partial charge in [-0.1, -0.05) is 43.7 Å². The van der Waals surface area contributed by atoms with Gasteiger partial charge in [-0.25, -0.2) is 4.79 Å². The summed E-state index contributed by atoms with van der Waals surface area (Å²) in [5.74, 6) is -0.179. The standard InChI is InChI=1S/C20H21F5N2O4S/c21-32(22,23,24,25)14-5-6-18(31-11-12-9-30-10-12)16(8-14)26-20(29)27-19-15-4-2-1-3-13(15)7-17(19)28/h1-6,8,12,17,19,28H,7,9-11H2,(H2,26,27,29). The van der Waals surface area contributed by atoms with E-state index in [9.17, 15) is 29.3 Å². The Morgan fingerprint density at radius 3 is 2.50 bits per heavy atom. The maximum atomic E-state index is 13.3. The van der Waals surface area contributed by atoms with Crippen LogP contribution in [0.25, 0.3) is 0 Å². The molecule has 6 nitrogen and oxygen atoms in total. The quantitative estimate of drug-likeness (QED) is 0.500. The Labute approximate surface area is 180 Å².